The summed E-state index contributed by atoms with van der Waals surface area (Å²) in [5.74, 6) is 1.20. The molecule has 0 radical (unpaired) electrons. The van der Waals surface area contributed by atoms with E-state index >= 15 is 0 Å². The van der Waals surface area contributed by atoms with E-state index in [2.05, 4.69) is 15.0 Å². The minimum atomic E-state index is -3.17. The Morgan fingerprint density at radius 2 is 1.79 bits per heavy atom. The number of nitrogens with one attached hydrogen (secondary N) is 3. The number of aliphatic hydroxyl groups excluding tert-OH is 1. The molecule has 3 rings (SSSR count). The van der Waals surface area contributed by atoms with Gasteiger partial charge in [-0.05, 0) is 43.3 Å². The molecule has 0 fully saturated rings. The third kappa shape index (κ3) is 4.76. The number of ether oxygens (including phenoxy) is 2. The van der Waals surface area contributed by atoms with Crippen LogP contribution in [0.4, 0.5) is 11.4 Å². The van der Waals surface area contributed by atoms with Gasteiger partial charge < -0.3 is 19.9 Å². The van der Waals surface area contributed by atoms with Crippen LogP contribution >= 0.6 is 0 Å². The quantitative estimate of drug-likeness (QED) is 0.448. The van der Waals surface area contributed by atoms with E-state index < -0.39 is 16.0 Å². The van der Waals surface area contributed by atoms with Crippen molar-refractivity contribution < 1.29 is 18.8 Å². The van der Waals surface area contributed by atoms with E-state index in [-0.39, 0.29) is 6.54 Å². The fourth-order valence-electron chi connectivity index (χ4n) is 2.79. The number of aliphatic hydroxyl groups is 1. The van der Waals surface area contributed by atoms with Crippen molar-refractivity contribution in [1.82, 2.24) is 9.71 Å². The molecule has 0 bridgehead atoms. The van der Waals surface area contributed by atoms with Gasteiger partial charge in [0.25, 0.3) is 0 Å². The van der Waals surface area contributed by atoms with Gasteiger partial charge in [-0.3, -0.25) is 4.98 Å². The summed E-state index contributed by atoms with van der Waals surface area (Å²) < 4.78 is 33.7. The number of hydrogen-bond donors (Lipinski definition) is 4. The maximum absolute atomic E-state index is 12.5. The molecule has 8 nitrogen and oxygen atoms in total. The van der Waals surface area contributed by atoms with Crippen LogP contribution in [-0.4, -0.2) is 41.2 Å². The Balaban J connectivity index is 1.88. The number of anilines is 2. The number of pyridine rings is 1. The van der Waals surface area contributed by atoms with Crippen LogP contribution < -0.4 is 19.5 Å². The highest BCUT2D eigenvalue weighted by molar-refractivity contribution is 7.90. The lowest BCUT2D eigenvalue weighted by molar-refractivity contribution is 0.199. The van der Waals surface area contributed by atoms with E-state index in [0.29, 0.717) is 16.4 Å². The lowest BCUT2D eigenvalue weighted by atomic mass is 10.1. The molecule has 0 saturated heterocycles. The van der Waals surface area contributed by atoms with Gasteiger partial charge in [0.05, 0.1) is 30.7 Å². The predicted octanol–water partition coefficient (Wildman–Crippen LogP) is 3.29. The summed E-state index contributed by atoms with van der Waals surface area (Å²) in [6.45, 7) is 1.65. The SMILES string of the molecule is COc1cc2nccc(Nc3ccc([S@](=N)(=O)NC[C@@H](C)O)cc3)c2cc1OC. The molecule has 3 aromatic rings. The van der Waals surface area contributed by atoms with Crippen molar-refractivity contribution in [3.8, 4) is 11.5 Å². The third-order valence-electron chi connectivity index (χ3n) is 4.29. The molecule has 0 aliphatic heterocycles. The average Bonchev–Trinajstić information content (AvgIpc) is 2.72. The Hall–Kier alpha value is -2.88. The lowest BCUT2D eigenvalue weighted by Crippen LogP contribution is -2.29. The number of methoxy groups -OCH3 is 2. The largest absolute Gasteiger partial charge is 0.493 e. The fraction of sp³-hybridized carbons (Fsp3) is 0.250. The maximum Gasteiger partial charge on any atom is 0.162 e. The van der Waals surface area contributed by atoms with Gasteiger partial charge in [0.2, 0.25) is 0 Å². The number of benzene rings is 2. The molecule has 154 valence electrons. The monoisotopic (exact) mass is 416 g/mol. The van der Waals surface area contributed by atoms with Crippen LogP contribution in [0.15, 0.2) is 53.6 Å². The summed E-state index contributed by atoms with van der Waals surface area (Å²) in [6, 6.07) is 12.3. The molecule has 0 saturated carbocycles. The topological polar surface area (TPSA) is 117 Å². The van der Waals surface area contributed by atoms with Crippen LogP contribution in [-0.2, 0) is 9.92 Å². The summed E-state index contributed by atoms with van der Waals surface area (Å²) in [6.07, 6.45) is 1.01. The summed E-state index contributed by atoms with van der Waals surface area (Å²) in [4.78, 5) is 4.72. The van der Waals surface area contributed by atoms with Crippen molar-refractivity contribution in [1.29, 1.82) is 4.78 Å². The zero-order valence-corrected chi connectivity index (χ0v) is 17.2. The molecule has 0 amide bonds. The van der Waals surface area contributed by atoms with Crippen LogP contribution in [0.2, 0.25) is 0 Å². The van der Waals surface area contributed by atoms with Crippen molar-refractivity contribution in [3.63, 3.8) is 0 Å². The van der Waals surface area contributed by atoms with Crippen LogP contribution in [0.25, 0.3) is 10.9 Å². The van der Waals surface area contributed by atoms with Gasteiger partial charge in [-0.25, -0.2) is 13.7 Å². The summed E-state index contributed by atoms with van der Waals surface area (Å²) in [5.41, 5.74) is 2.34. The summed E-state index contributed by atoms with van der Waals surface area (Å²) in [5, 5.41) is 13.5. The number of hydrogen-bond acceptors (Lipinski definition) is 7. The molecular formula is C20H24N4O4S. The summed E-state index contributed by atoms with van der Waals surface area (Å²) in [7, 11) is -0.0182. The number of rotatable bonds is 8. The highest BCUT2D eigenvalue weighted by Crippen LogP contribution is 2.35. The summed E-state index contributed by atoms with van der Waals surface area (Å²) >= 11 is 0. The normalized spacial score (nSPS) is 14.2. The fourth-order valence-corrected chi connectivity index (χ4v) is 3.95. The van der Waals surface area contributed by atoms with Gasteiger partial charge in [0.1, 0.15) is 9.92 Å². The second kappa shape index (κ2) is 8.64. The van der Waals surface area contributed by atoms with Crippen LogP contribution in [0.3, 0.4) is 0 Å². The van der Waals surface area contributed by atoms with Crippen LogP contribution in [0.1, 0.15) is 6.92 Å². The van der Waals surface area contributed by atoms with E-state index in [0.717, 1.165) is 22.3 Å². The molecule has 1 heterocycles. The minimum absolute atomic E-state index is 0.0800. The molecule has 4 N–H and O–H groups in total. The van der Waals surface area contributed by atoms with E-state index in [1.807, 2.05) is 18.2 Å². The van der Waals surface area contributed by atoms with Gasteiger partial charge in [0.15, 0.2) is 11.5 Å². The molecule has 2 aromatic carbocycles. The zero-order chi connectivity index (χ0) is 21.0. The van der Waals surface area contributed by atoms with Crippen LogP contribution in [0, 0.1) is 4.78 Å². The maximum atomic E-state index is 12.5. The molecule has 0 aliphatic rings. The third-order valence-corrected chi connectivity index (χ3v) is 5.80. The number of fused-ring (bicyclic) bond motifs is 1. The first-order valence-corrected chi connectivity index (χ1v) is 10.5. The zero-order valence-electron chi connectivity index (χ0n) is 16.4. The first-order valence-electron chi connectivity index (χ1n) is 8.93. The van der Waals surface area contributed by atoms with Gasteiger partial charge in [-0.15, -0.1) is 0 Å². The Morgan fingerprint density at radius 1 is 1.14 bits per heavy atom. The van der Waals surface area contributed by atoms with Crippen molar-refractivity contribution in [2.24, 2.45) is 0 Å². The van der Waals surface area contributed by atoms with Gasteiger partial charge in [-0.1, -0.05) is 0 Å². The highest BCUT2D eigenvalue weighted by atomic mass is 32.2. The number of nitrogens with zero attached hydrogens (tertiary/aromatic N) is 1. The average molecular weight is 417 g/mol. The van der Waals surface area contributed by atoms with E-state index in [4.69, 9.17) is 14.3 Å². The Kier molecular flexibility index (Phi) is 6.21. The first kappa shape index (κ1) is 20.8. The second-order valence-corrected chi connectivity index (χ2v) is 8.36. The van der Waals surface area contributed by atoms with E-state index in [1.54, 1.807) is 51.6 Å². The molecule has 29 heavy (non-hydrogen) atoms. The highest BCUT2D eigenvalue weighted by Gasteiger charge is 2.12. The smallest absolute Gasteiger partial charge is 0.162 e. The van der Waals surface area contributed by atoms with E-state index in [1.165, 1.54) is 0 Å². The van der Waals surface area contributed by atoms with Gasteiger partial charge in [-0.2, -0.15) is 0 Å². The molecule has 0 unspecified atom stereocenters. The van der Waals surface area contributed by atoms with Gasteiger partial charge in [0, 0.05) is 35.6 Å². The lowest BCUT2D eigenvalue weighted by Gasteiger charge is -2.14. The standard InChI is InChI=1S/C20H24N4O4S/c1-13(25)12-23-29(21,26)15-6-4-14(5-7-15)24-17-8-9-22-18-11-20(28-3)19(27-2)10-16(17)18/h4-11,13,25H,12H2,1-3H3,(H,22,24)(H2,21,23,26)/t13-,29-/m1/s1. The first-order chi connectivity index (χ1) is 13.8. The number of aromatic nitrogens is 1. The molecule has 2 atom stereocenters. The molecule has 0 spiro atoms. The Labute approximate surface area is 170 Å². The van der Waals surface area contributed by atoms with Crippen molar-refractivity contribution >= 4 is 32.2 Å². The van der Waals surface area contributed by atoms with Crippen molar-refractivity contribution in [2.75, 3.05) is 26.1 Å². The predicted molar refractivity (Wildman–Crippen MR) is 113 cm³/mol. The Morgan fingerprint density at radius 3 is 2.41 bits per heavy atom. The van der Waals surface area contributed by atoms with Crippen LogP contribution in [0.5, 0.6) is 11.5 Å². The van der Waals surface area contributed by atoms with Gasteiger partial charge >= 0.3 is 0 Å². The Bertz CT molecular complexity index is 1100. The van der Waals surface area contributed by atoms with E-state index in [9.17, 15) is 9.32 Å². The molecule has 1 aromatic heterocycles. The minimum Gasteiger partial charge on any atom is -0.493 e. The van der Waals surface area contributed by atoms with Crippen molar-refractivity contribution in [2.45, 2.75) is 17.9 Å². The molecule has 0 aliphatic carbocycles. The molecular weight excluding hydrogens is 392 g/mol. The molecule has 9 heteroatoms. The second-order valence-electron chi connectivity index (χ2n) is 6.49. The van der Waals surface area contributed by atoms with Crippen molar-refractivity contribution in [3.05, 3.63) is 48.7 Å².